The molecule has 2 nitrogen and oxygen atoms in total. The van der Waals surface area contributed by atoms with Crippen LogP contribution in [0.2, 0.25) is 0 Å². The van der Waals surface area contributed by atoms with Gasteiger partial charge in [-0.25, -0.2) is 0 Å². The van der Waals surface area contributed by atoms with E-state index < -0.39 is 0 Å². The van der Waals surface area contributed by atoms with Crippen molar-refractivity contribution in [2.45, 2.75) is 30.0 Å². The molecule has 106 valence electrons. The molecule has 0 saturated heterocycles. The summed E-state index contributed by atoms with van der Waals surface area (Å²) in [4.78, 5) is 1.23. The van der Waals surface area contributed by atoms with Crippen molar-refractivity contribution < 1.29 is 4.74 Å². The number of thioether (sulfide) groups is 1. The Kier molecular flexibility index (Phi) is 5.10. The molecule has 0 bridgehead atoms. The summed E-state index contributed by atoms with van der Waals surface area (Å²) in [6.07, 6.45) is 0. The number of aryl methyl sites for hydroxylation is 1. The quantitative estimate of drug-likeness (QED) is 0.838. The lowest BCUT2D eigenvalue weighted by molar-refractivity contribution is 0.408. The molecule has 20 heavy (non-hydrogen) atoms. The first-order chi connectivity index (χ1) is 9.61. The third kappa shape index (κ3) is 3.56. The second-order valence-electron chi connectivity index (χ2n) is 4.95. The summed E-state index contributed by atoms with van der Waals surface area (Å²) in [5.41, 5.74) is 8.61. The van der Waals surface area contributed by atoms with Crippen LogP contribution in [0.5, 0.6) is 5.75 Å². The molecule has 3 heteroatoms. The zero-order valence-electron chi connectivity index (χ0n) is 12.2. The summed E-state index contributed by atoms with van der Waals surface area (Å²) >= 11 is 1.78. The smallest absolute Gasteiger partial charge is 0.123 e. The van der Waals surface area contributed by atoms with Gasteiger partial charge in [-0.1, -0.05) is 35.9 Å². The van der Waals surface area contributed by atoms with E-state index in [1.165, 1.54) is 10.5 Å². The van der Waals surface area contributed by atoms with Crippen LogP contribution in [-0.2, 0) is 0 Å². The number of rotatable bonds is 5. The highest BCUT2D eigenvalue weighted by Gasteiger charge is 2.21. The van der Waals surface area contributed by atoms with E-state index in [0.29, 0.717) is 0 Å². The van der Waals surface area contributed by atoms with Gasteiger partial charge in [0, 0.05) is 16.5 Å². The number of para-hydroxylation sites is 1. The summed E-state index contributed by atoms with van der Waals surface area (Å²) in [6, 6.07) is 16.7. The molecule has 0 aliphatic carbocycles. The van der Waals surface area contributed by atoms with Crippen molar-refractivity contribution in [3.8, 4) is 5.75 Å². The highest BCUT2D eigenvalue weighted by molar-refractivity contribution is 7.99. The molecule has 0 aliphatic heterocycles. The van der Waals surface area contributed by atoms with E-state index in [1.54, 1.807) is 18.9 Å². The molecule has 0 fully saturated rings. The van der Waals surface area contributed by atoms with E-state index in [1.807, 2.05) is 25.1 Å². The Morgan fingerprint density at radius 1 is 1.05 bits per heavy atom. The Bertz CT molecular complexity index is 551. The van der Waals surface area contributed by atoms with E-state index in [-0.39, 0.29) is 11.3 Å². The molecule has 2 N–H and O–H groups in total. The van der Waals surface area contributed by atoms with Crippen molar-refractivity contribution >= 4 is 11.8 Å². The van der Waals surface area contributed by atoms with Crippen molar-refractivity contribution in [2.75, 3.05) is 7.11 Å². The maximum absolute atomic E-state index is 6.19. The van der Waals surface area contributed by atoms with Crippen LogP contribution < -0.4 is 10.5 Å². The lowest BCUT2D eigenvalue weighted by Gasteiger charge is -2.23. The van der Waals surface area contributed by atoms with Crippen LogP contribution >= 0.6 is 11.8 Å². The molecule has 0 aromatic heterocycles. The Morgan fingerprint density at radius 2 is 1.70 bits per heavy atom. The molecule has 2 aromatic carbocycles. The van der Waals surface area contributed by atoms with Gasteiger partial charge in [-0.15, -0.1) is 11.8 Å². The fourth-order valence-electron chi connectivity index (χ4n) is 2.12. The normalized spacial score (nSPS) is 13.8. The maximum atomic E-state index is 6.19. The molecule has 2 aromatic rings. The molecular formula is C17H21NOS. The summed E-state index contributed by atoms with van der Waals surface area (Å²) < 4.78 is 5.46. The molecular weight excluding hydrogens is 266 g/mol. The van der Waals surface area contributed by atoms with E-state index in [4.69, 9.17) is 10.5 Å². The number of methoxy groups -OCH3 is 1. The van der Waals surface area contributed by atoms with Crippen molar-refractivity contribution in [2.24, 2.45) is 5.73 Å². The van der Waals surface area contributed by atoms with Gasteiger partial charge in [0.25, 0.3) is 0 Å². The van der Waals surface area contributed by atoms with Crippen LogP contribution in [0.15, 0.2) is 53.4 Å². The number of nitrogens with two attached hydrogens (primary N) is 1. The van der Waals surface area contributed by atoms with Crippen LogP contribution in [0, 0.1) is 6.92 Å². The minimum absolute atomic E-state index is 0.0394. The predicted molar refractivity (Wildman–Crippen MR) is 86.4 cm³/mol. The van der Waals surface area contributed by atoms with Crippen molar-refractivity contribution in [3.05, 3.63) is 59.7 Å². The first-order valence-corrected chi connectivity index (χ1v) is 7.61. The second-order valence-corrected chi connectivity index (χ2v) is 6.17. The molecule has 0 heterocycles. The highest BCUT2D eigenvalue weighted by Crippen LogP contribution is 2.40. The monoisotopic (exact) mass is 287 g/mol. The zero-order chi connectivity index (χ0) is 14.5. The van der Waals surface area contributed by atoms with Crippen molar-refractivity contribution in [1.82, 2.24) is 0 Å². The van der Waals surface area contributed by atoms with Gasteiger partial charge >= 0.3 is 0 Å². The largest absolute Gasteiger partial charge is 0.496 e. The van der Waals surface area contributed by atoms with Crippen molar-refractivity contribution in [3.63, 3.8) is 0 Å². The van der Waals surface area contributed by atoms with E-state index in [0.717, 1.165) is 11.3 Å². The van der Waals surface area contributed by atoms with E-state index in [2.05, 4.69) is 37.3 Å². The lowest BCUT2D eigenvalue weighted by atomic mass is 10.1. The van der Waals surface area contributed by atoms with Gasteiger partial charge < -0.3 is 10.5 Å². The van der Waals surface area contributed by atoms with E-state index in [9.17, 15) is 0 Å². The Hall–Kier alpha value is -1.45. The van der Waals surface area contributed by atoms with Crippen molar-refractivity contribution in [1.29, 1.82) is 0 Å². The molecule has 2 unspecified atom stereocenters. The second kappa shape index (κ2) is 6.82. The Labute approximate surface area is 125 Å². The highest BCUT2D eigenvalue weighted by atomic mass is 32.2. The number of hydrogen-bond donors (Lipinski definition) is 1. The fraction of sp³-hybridized carbons (Fsp3) is 0.294. The first-order valence-electron chi connectivity index (χ1n) is 6.73. The maximum Gasteiger partial charge on any atom is 0.123 e. The number of ether oxygens (including phenoxy) is 1. The average molecular weight is 287 g/mol. The van der Waals surface area contributed by atoms with Crippen LogP contribution in [0.3, 0.4) is 0 Å². The summed E-state index contributed by atoms with van der Waals surface area (Å²) in [7, 11) is 1.70. The third-order valence-electron chi connectivity index (χ3n) is 3.21. The van der Waals surface area contributed by atoms with Crippen LogP contribution in [-0.4, -0.2) is 13.2 Å². The standard InChI is InChI=1S/C17H21NOS/c1-12-8-10-14(11-9-12)20-17(13(2)18)15-6-4-5-7-16(15)19-3/h4-11,13,17H,18H2,1-3H3. The minimum atomic E-state index is 0.0394. The molecule has 0 radical (unpaired) electrons. The summed E-state index contributed by atoms with van der Waals surface area (Å²) in [6.45, 7) is 4.13. The van der Waals surface area contributed by atoms with Gasteiger partial charge in [0.05, 0.1) is 12.4 Å². The fourth-order valence-corrected chi connectivity index (χ4v) is 3.24. The van der Waals surface area contributed by atoms with Gasteiger partial charge in [0.15, 0.2) is 0 Å². The molecule has 2 rings (SSSR count). The Morgan fingerprint density at radius 3 is 2.30 bits per heavy atom. The molecule has 2 atom stereocenters. The van der Waals surface area contributed by atoms with Crippen LogP contribution in [0.1, 0.15) is 23.3 Å². The van der Waals surface area contributed by atoms with Gasteiger partial charge in [0.2, 0.25) is 0 Å². The third-order valence-corrected chi connectivity index (χ3v) is 4.69. The van der Waals surface area contributed by atoms with Crippen LogP contribution in [0.4, 0.5) is 0 Å². The first kappa shape index (κ1) is 14.9. The predicted octanol–water partition coefficient (Wildman–Crippen LogP) is 4.18. The molecule has 0 saturated carbocycles. The number of hydrogen-bond acceptors (Lipinski definition) is 3. The van der Waals surface area contributed by atoms with E-state index >= 15 is 0 Å². The number of benzene rings is 2. The van der Waals surface area contributed by atoms with Gasteiger partial charge in [0.1, 0.15) is 5.75 Å². The summed E-state index contributed by atoms with van der Waals surface area (Å²) in [5, 5.41) is 0.175. The molecule has 0 spiro atoms. The molecule has 0 amide bonds. The summed E-state index contributed by atoms with van der Waals surface area (Å²) in [5.74, 6) is 0.898. The average Bonchev–Trinajstić information content (AvgIpc) is 2.46. The lowest BCUT2D eigenvalue weighted by Crippen LogP contribution is -2.23. The Balaban J connectivity index is 2.29. The van der Waals surface area contributed by atoms with Gasteiger partial charge in [-0.3, -0.25) is 0 Å². The van der Waals surface area contributed by atoms with Gasteiger partial charge in [-0.2, -0.15) is 0 Å². The minimum Gasteiger partial charge on any atom is -0.496 e. The van der Waals surface area contributed by atoms with Crippen LogP contribution in [0.25, 0.3) is 0 Å². The SMILES string of the molecule is COc1ccccc1C(Sc1ccc(C)cc1)C(C)N. The molecule has 0 aliphatic rings. The van der Waals surface area contributed by atoms with Gasteiger partial charge in [-0.05, 0) is 32.0 Å². The topological polar surface area (TPSA) is 35.2 Å². The zero-order valence-corrected chi connectivity index (χ0v) is 13.0.